The second-order valence-corrected chi connectivity index (χ2v) is 6.71. The molecule has 0 aromatic heterocycles. The molecule has 0 spiro atoms. The van der Waals surface area contributed by atoms with Crippen LogP contribution in [0.1, 0.15) is 23.6 Å². The highest BCUT2D eigenvalue weighted by Gasteiger charge is 2.15. The van der Waals surface area contributed by atoms with E-state index < -0.39 is 6.04 Å². The second-order valence-electron chi connectivity index (χ2n) is 6.71. The van der Waals surface area contributed by atoms with Crippen LogP contribution in [0.2, 0.25) is 0 Å². The molecule has 5 nitrogen and oxygen atoms in total. The maximum Gasteiger partial charge on any atom is 0.221 e. The fourth-order valence-corrected chi connectivity index (χ4v) is 3.17. The van der Waals surface area contributed by atoms with Crippen LogP contribution in [0.5, 0.6) is 11.5 Å². The van der Waals surface area contributed by atoms with E-state index in [2.05, 4.69) is 17.3 Å². The predicted octanol–water partition coefficient (Wildman–Crippen LogP) is 4.17. The first-order valence-corrected chi connectivity index (χ1v) is 9.55. The average molecular weight is 398 g/mol. The molecule has 1 atom stereocenters. The summed E-state index contributed by atoms with van der Waals surface area (Å²) in [5, 5.41) is 14.5. The fourth-order valence-electron chi connectivity index (χ4n) is 3.17. The van der Waals surface area contributed by atoms with Crippen molar-refractivity contribution in [1.29, 1.82) is 5.26 Å². The highest BCUT2D eigenvalue weighted by atomic mass is 16.5. The van der Waals surface area contributed by atoms with E-state index in [0.717, 1.165) is 21.9 Å². The number of terminal acetylenes is 1. The van der Waals surface area contributed by atoms with Gasteiger partial charge in [0.2, 0.25) is 5.91 Å². The molecule has 150 valence electrons. The Morgan fingerprint density at radius 2 is 1.90 bits per heavy atom. The molecule has 0 heterocycles. The Hall–Kier alpha value is -3.96. The Bertz CT molecular complexity index is 1130. The zero-order chi connectivity index (χ0) is 21.3. The van der Waals surface area contributed by atoms with Gasteiger partial charge in [-0.05, 0) is 46.5 Å². The van der Waals surface area contributed by atoms with Gasteiger partial charge in [-0.1, -0.05) is 48.4 Å². The van der Waals surface area contributed by atoms with Gasteiger partial charge in [0.25, 0.3) is 0 Å². The lowest BCUT2D eigenvalue weighted by atomic mass is 10.0. The monoisotopic (exact) mass is 398 g/mol. The zero-order valence-electron chi connectivity index (χ0n) is 16.7. The van der Waals surface area contributed by atoms with Crippen LogP contribution >= 0.6 is 0 Å². The Morgan fingerprint density at radius 3 is 2.63 bits per heavy atom. The number of fused-ring (bicyclic) bond motifs is 1. The summed E-state index contributed by atoms with van der Waals surface area (Å²) in [7, 11) is 1.55. The van der Waals surface area contributed by atoms with E-state index >= 15 is 0 Å². The van der Waals surface area contributed by atoms with Gasteiger partial charge in [0, 0.05) is 6.42 Å². The van der Waals surface area contributed by atoms with E-state index in [4.69, 9.17) is 15.9 Å². The molecule has 0 fully saturated rings. The molecule has 0 saturated carbocycles. The van der Waals surface area contributed by atoms with Crippen molar-refractivity contribution in [3.8, 4) is 29.9 Å². The van der Waals surface area contributed by atoms with Crippen molar-refractivity contribution in [3.63, 3.8) is 0 Å². The molecule has 0 radical (unpaired) electrons. The summed E-state index contributed by atoms with van der Waals surface area (Å²) in [6.45, 7) is 0.155. The van der Waals surface area contributed by atoms with Crippen molar-refractivity contribution in [2.45, 2.75) is 18.9 Å². The third kappa shape index (κ3) is 5.10. The maximum absolute atomic E-state index is 12.4. The molecule has 0 aliphatic carbocycles. The van der Waals surface area contributed by atoms with Crippen molar-refractivity contribution in [1.82, 2.24) is 5.32 Å². The molecule has 5 heteroatoms. The van der Waals surface area contributed by atoms with Gasteiger partial charge in [-0.25, -0.2) is 0 Å². The third-order valence-electron chi connectivity index (χ3n) is 4.72. The highest BCUT2D eigenvalue weighted by molar-refractivity contribution is 5.83. The first-order chi connectivity index (χ1) is 14.6. The molecule has 1 N–H and O–H groups in total. The third-order valence-corrected chi connectivity index (χ3v) is 4.72. The van der Waals surface area contributed by atoms with Crippen LogP contribution in [0.4, 0.5) is 0 Å². The fraction of sp³-hybridized carbons (Fsp3) is 0.200. The summed E-state index contributed by atoms with van der Waals surface area (Å²) in [4.78, 5) is 12.4. The number of carbonyl (C=O) groups is 1. The minimum Gasteiger partial charge on any atom is -0.493 e. The molecule has 3 rings (SSSR count). The number of nitriles is 1. The van der Waals surface area contributed by atoms with Crippen LogP contribution in [0, 0.1) is 23.7 Å². The Balaban J connectivity index is 1.62. The van der Waals surface area contributed by atoms with Crippen LogP contribution in [-0.4, -0.2) is 19.6 Å². The number of carbonyl (C=O) groups excluding carboxylic acids is 1. The van der Waals surface area contributed by atoms with Gasteiger partial charge in [-0.15, -0.1) is 6.42 Å². The van der Waals surface area contributed by atoms with Gasteiger partial charge in [-0.2, -0.15) is 5.26 Å². The minimum atomic E-state index is -0.698. The Labute approximate surface area is 176 Å². The van der Waals surface area contributed by atoms with Crippen molar-refractivity contribution in [2.75, 3.05) is 13.7 Å². The molecule has 1 unspecified atom stereocenters. The van der Waals surface area contributed by atoms with Gasteiger partial charge < -0.3 is 14.8 Å². The number of hydrogen-bond acceptors (Lipinski definition) is 4. The summed E-state index contributed by atoms with van der Waals surface area (Å²) >= 11 is 0. The van der Waals surface area contributed by atoms with Crippen molar-refractivity contribution in [3.05, 3.63) is 71.8 Å². The number of ether oxygens (including phenoxy) is 2. The number of nitrogens with one attached hydrogen (secondary N) is 1. The molecule has 0 bridgehead atoms. The number of nitrogens with zero attached hydrogens (tertiary/aromatic N) is 1. The summed E-state index contributed by atoms with van der Waals surface area (Å²) in [6.07, 6.45) is 5.97. The number of amides is 1. The summed E-state index contributed by atoms with van der Waals surface area (Å²) < 4.78 is 10.8. The van der Waals surface area contributed by atoms with E-state index in [-0.39, 0.29) is 18.9 Å². The molecule has 3 aromatic rings. The second kappa shape index (κ2) is 10.0. The summed E-state index contributed by atoms with van der Waals surface area (Å²) in [5.41, 5.74) is 1.69. The van der Waals surface area contributed by atoms with E-state index in [1.807, 2.05) is 54.6 Å². The van der Waals surface area contributed by atoms with Gasteiger partial charge in [0.1, 0.15) is 12.6 Å². The predicted molar refractivity (Wildman–Crippen MR) is 116 cm³/mol. The molecule has 1 amide bonds. The lowest BCUT2D eigenvalue weighted by molar-refractivity contribution is -0.121. The standard InChI is InChI=1S/C25H22N2O3/c1-3-14-30-23-12-8-18(15-24(23)29-2)9-13-25(28)27-22(17-26)21-11-10-19-6-4-5-7-20(19)16-21/h1,4-8,10-12,15-16,22H,9,13-14H2,2H3,(H,27,28). The number of methoxy groups -OCH3 is 1. The largest absolute Gasteiger partial charge is 0.493 e. The Kier molecular flexibility index (Phi) is 6.92. The van der Waals surface area contributed by atoms with Gasteiger partial charge in [0.05, 0.1) is 13.2 Å². The molecule has 0 aliphatic rings. The van der Waals surface area contributed by atoms with Gasteiger partial charge >= 0.3 is 0 Å². The SMILES string of the molecule is C#CCOc1ccc(CCC(=O)NC(C#N)c2ccc3ccccc3c2)cc1OC. The van der Waals surface area contributed by atoms with Crippen molar-refractivity contribution < 1.29 is 14.3 Å². The van der Waals surface area contributed by atoms with Gasteiger partial charge in [-0.3, -0.25) is 4.79 Å². The molecular weight excluding hydrogens is 376 g/mol. The molecule has 30 heavy (non-hydrogen) atoms. The zero-order valence-corrected chi connectivity index (χ0v) is 16.7. The normalized spacial score (nSPS) is 11.2. The minimum absolute atomic E-state index is 0.155. The van der Waals surface area contributed by atoms with E-state index in [1.54, 1.807) is 13.2 Å². The summed E-state index contributed by atoms with van der Waals surface area (Å²) in [6, 6.07) is 20.6. The van der Waals surface area contributed by atoms with Crippen LogP contribution in [0.3, 0.4) is 0 Å². The topological polar surface area (TPSA) is 71.3 Å². The lowest BCUT2D eigenvalue weighted by Gasteiger charge is -2.14. The number of rotatable bonds is 8. The lowest BCUT2D eigenvalue weighted by Crippen LogP contribution is -2.27. The first kappa shape index (κ1) is 20.8. The first-order valence-electron chi connectivity index (χ1n) is 9.55. The Morgan fingerprint density at radius 1 is 1.10 bits per heavy atom. The quantitative estimate of drug-likeness (QED) is 0.578. The van der Waals surface area contributed by atoms with Crippen LogP contribution in [0.25, 0.3) is 10.8 Å². The molecular formula is C25H22N2O3. The van der Waals surface area contributed by atoms with E-state index in [1.165, 1.54) is 0 Å². The van der Waals surface area contributed by atoms with Crippen LogP contribution < -0.4 is 14.8 Å². The number of hydrogen-bond donors (Lipinski definition) is 1. The molecule has 3 aromatic carbocycles. The van der Waals surface area contributed by atoms with E-state index in [0.29, 0.717) is 17.9 Å². The molecule has 0 saturated heterocycles. The van der Waals surface area contributed by atoms with Crippen molar-refractivity contribution >= 4 is 16.7 Å². The smallest absolute Gasteiger partial charge is 0.221 e. The van der Waals surface area contributed by atoms with Gasteiger partial charge in [0.15, 0.2) is 11.5 Å². The number of aryl methyl sites for hydroxylation is 1. The van der Waals surface area contributed by atoms with Crippen LogP contribution in [-0.2, 0) is 11.2 Å². The number of benzene rings is 3. The van der Waals surface area contributed by atoms with Crippen LogP contribution in [0.15, 0.2) is 60.7 Å². The van der Waals surface area contributed by atoms with E-state index in [9.17, 15) is 10.1 Å². The van der Waals surface area contributed by atoms with Crippen molar-refractivity contribution in [2.24, 2.45) is 0 Å². The average Bonchev–Trinajstić information content (AvgIpc) is 2.79. The molecule has 0 aliphatic heterocycles. The maximum atomic E-state index is 12.4. The summed E-state index contributed by atoms with van der Waals surface area (Å²) in [5.74, 6) is 3.34. The highest BCUT2D eigenvalue weighted by Crippen LogP contribution is 2.28.